The first-order chi connectivity index (χ1) is 9.17. The zero-order valence-corrected chi connectivity index (χ0v) is 10.8. The highest BCUT2D eigenvalue weighted by Gasteiger charge is 2.09. The maximum absolute atomic E-state index is 11.6. The maximum atomic E-state index is 11.6. The van der Waals surface area contributed by atoms with E-state index < -0.39 is 5.97 Å². The van der Waals surface area contributed by atoms with Crippen molar-refractivity contribution >= 4 is 5.97 Å². The highest BCUT2D eigenvalue weighted by Crippen LogP contribution is 2.04. The largest absolute Gasteiger partial charge is 0.457 e. The fourth-order valence-corrected chi connectivity index (χ4v) is 1.26. The fraction of sp³-hybridized carbons (Fsp3) is 0.357. The molecule has 0 bridgehead atoms. The van der Waals surface area contributed by atoms with E-state index in [1.165, 1.54) is 6.08 Å². The molecule has 100 valence electrons. The summed E-state index contributed by atoms with van der Waals surface area (Å²) in [6.07, 6.45) is 1.49. The van der Waals surface area contributed by atoms with Gasteiger partial charge in [-0.2, -0.15) is 5.26 Å². The minimum absolute atomic E-state index is 0.154. The average Bonchev–Trinajstić information content (AvgIpc) is 2.44. The molecule has 0 aromatic carbocycles. The topological polar surface area (TPSA) is 72.2 Å². The second-order valence-electron chi connectivity index (χ2n) is 3.95. The standard InChI is InChI=1S/C14H16N2O3/c1-3-7-19-14(17)13-6-4-5-12(16-13)10-18-9-11(2)8-15/h3-6,11H,1,7,9-10H2,2H3/t11-/m1/s1. The molecule has 0 fully saturated rings. The van der Waals surface area contributed by atoms with Gasteiger partial charge < -0.3 is 9.47 Å². The molecule has 5 heteroatoms. The SMILES string of the molecule is C=CCOC(=O)c1cccc(COC[C@H](C)C#N)n1. The van der Waals surface area contributed by atoms with E-state index in [1.807, 2.05) is 0 Å². The lowest BCUT2D eigenvalue weighted by molar-refractivity contribution is 0.0541. The van der Waals surface area contributed by atoms with Gasteiger partial charge in [0.25, 0.3) is 0 Å². The quantitative estimate of drug-likeness (QED) is 0.554. The molecule has 0 aliphatic carbocycles. The summed E-state index contributed by atoms with van der Waals surface area (Å²) in [4.78, 5) is 15.7. The number of pyridine rings is 1. The third kappa shape index (κ3) is 5.32. The molecule has 1 atom stereocenters. The fourth-order valence-electron chi connectivity index (χ4n) is 1.26. The van der Waals surface area contributed by atoms with Crippen molar-refractivity contribution in [1.29, 1.82) is 5.26 Å². The van der Waals surface area contributed by atoms with Gasteiger partial charge in [0.2, 0.25) is 0 Å². The number of esters is 1. The smallest absolute Gasteiger partial charge is 0.357 e. The summed E-state index contributed by atoms with van der Waals surface area (Å²) in [6, 6.07) is 7.11. The predicted molar refractivity (Wildman–Crippen MR) is 69.1 cm³/mol. The summed E-state index contributed by atoms with van der Waals surface area (Å²) in [6.45, 7) is 5.99. The van der Waals surface area contributed by atoms with Crippen LogP contribution in [0.25, 0.3) is 0 Å². The van der Waals surface area contributed by atoms with Crippen LogP contribution in [-0.4, -0.2) is 24.2 Å². The maximum Gasteiger partial charge on any atom is 0.357 e. The summed E-state index contributed by atoms with van der Waals surface area (Å²) in [5.74, 6) is -0.659. The molecule has 0 saturated carbocycles. The number of nitriles is 1. The van der Waals surface area contributed by atoms with E-state index in [0.717, 1.165) is 0 Å². The monoisotopic (exact) mass is 260 g/mol. The van der Waals surface area contributed by atoms with Crippen molar-refractivity contribution in [3.05, 3.63) is 42.2 Å². The molecule has 5 nitrogen and oxygen atoms in total. The third-order valence-corrected chi connectivity index (χ3v) is 2.19. The van der Waals surface area contributed by atoms with Crippen LogP contribution in [-0.2, 0) is 16.1 Å². The van der Waals surface area contributed by atoms with Crippen molar-refractivity contribution in [3.8, 4) is 6.07 Å². The Kier molecular flexibility index (Phi) is 6.27. The molecule has 1 aromatic rings. The Morgan fingerprint density at radius 3 is 3.11 bits per heavy atom. The molecule has 0 radical (unpaired) electrons. The first-order valence-corrected chi connectivity index (χ1v) is 5.88. The van der Waals surface area contributed by atoms with Crippen LogP contribution in [0.5, 0.6) is 0 Å². The number of hydrogen-bond acceptors (Lipinski definition) is 5. The summed E-state index contributed by atoms with van der Waals surface area (Å²) in [5, 5.41) is 8.62. The average molecular weight is 260 g/mol. The van der Waals surface area contributed by atoms with Crippen LogP contribution in [0.15, 0.2) is 30.9 Å². The molecule has 0 N–H and O–H groups in total. The Bertz CT molecular complexity index is 480. The third-order valence-electron chi connectivity index (χ3n) is 2.19. The molecule has 1 heterocycles. The second-order valence-corrected chi connectivity index (χ2v) is 3.95. The van der Waals surface area contributed by atoms with Crippen LogP contribution in [0.3, 0.4) is 0 Å². The summed E-state index contributed by atoms with van der Waals surface area (Å²) < 4.78 is 10.2. The molecular formula is C14H16N2O3. The van der Waals surface area contributed by atoms with Crippen LogP contribution in [0.4, 0.5) is 0 Å². The minimum atomic E-state index is -0.493. The van der Waals surface area contributed by atoms with Gasteiger partial charge in [-0.15, -0.1) is 0 Å². The highest BCUT2D eigenvalue weighted by atomic mass is 16.5. The number of carbonyl (C=O) groups is 1. The molecule has 0 spiro atoms. The van der Waals surface area contributed by atoms with Gasteiger partial charge in [-0.3, -0.25) is 0 Å². The lowest BCUT2D eigenvalue weighted by Gasteiger charge is -2.06. The van der Waals surface area contributed by atoms with Crippen LogP contribution in [0.2, 0.25) is 0 Å². The Hall–Kier alpha value is -2.19. The van der Waals surface area contributed by atoms with Crippen molar-refractivity contribution < 1.29 is 14.3 Å². The van der Waals surface area contributed by atoms with Crippen molar-refractivity contribution in [2.75, 3.05) is 13.2 Å². The Morgan fingerprint density at radius 2 is 2.42 bits per heavy atom. The second kappa shape index (κ2) is 8.01. The van der Waals surface area contributed by atoms with E-state index in [0.29, 0.717) is 12.3 Å². The molecule has 0 aliphatic heterocycles. The summed E-state index contributed by atoms with van der Waals surface area (Å²) in [7, 11) is 0. The Balaban J connectivity index is 2.54. The van der Waals surface area contributed by atoms with E-state index in [2.05, 4.69) is 17.6 Å². The zero-order valence-electron chi connectivity index (χ0n) is 10.8. The van der Waals surface area contributed by atoms with Gasteiger partial charge in [0.15, 0.2) is 0 Å². The lowest BCUT2D eigenvalue weighted by atomic mass is 10.2. The minimum Gasteiger partial charge on any atom is -0.457 e. The van der Waals surface area contributed by atoms with E-state index in [1.54, 1.807) is 25.1 Å². The number of ether oxygens (including phenoxy) is 2. The molecule has 0 saturated heterocycles. The van der Waals surface area contributed by atoms with Crippen molar-refractivity contribution in [1.82, 2.24) is 4.98 Å². The van der Waals surface area contributed by atoms with Crippen LogP contribution < -0.4 is 0 Å². The number of carbonyl (C=O) groups excluding carboxylic acids is 1. The Labute approximate surface area is 112 Å². The van der Waals surface area contributed by atoms with Gasteiger partial charge in [0.1, 0.15) is 12.3 Å². The predicted octanol–water partition coefficient (Wildman–Crippen LogP) is 2.10. The number of nitrogens with zero attached hydrogens (tertiary/aromatic N) is 2. The summed E-state index contributed by atoms with van der Waals surface area (Å²) in [5.41, 5.74) is 0.856. The molecule has 0 unspecified atom stereocenters. The van der Waals surface area contributed by atoms with Crippen molar-refractivity contribution in [3.63, 3.8) is 0 Å². The van der Waals surface area contributed by atoms with Crippen molar-refractivity contribution in [2.24, 2.45) is 5.92 Å². The van der Waals surface area contributed by atoms with Crippen molar-refractivity contribution in [2.45, 2.75) is 13.5 Å². The number of hydrogen-bond donors (Lipinski definition) is 0. The number of aromatic nitrogens is 1. The molecule has 0 amide bonds. The highest BCUT2D eigenvalue weighted by molar-refractivity contribution is 5.87. The van der Waals surface area contributed by atoms with E-state index in [4.69, 9.17) is 14.7 Å². The van der Waals surface area contributed by atoms with E-state index in [9.17, 15) is 4.79 Å². The van der Waals surface area contributed by atoms with Gasteiger partial charge in [-0.1, -0.05) is 18.7 Å². The van der Waals surface area contributed by atoms with Crippen LogP contribution in [0, 0.1) is 17.2 Å². The molecular weight excluding hydrogens is 244 g/mol. The lowest BCUT2D eigenvalue weighted by Crippen LogP contribution is -2.10. The molecule has 19 heavy (non-hydrogen) atoms. The normalized spacial score (nSPS) is 11.4. The first kappa shape index (κ1) is 14.9. The van der Waals surface area contributed by atoms with Gasteiger partial charge in [-0.25, -0.2) is 9.78 Å². The van der Waals surface area contributed by atoms with Gasteiger partial charge in [-0.05, 0) is 19.1 Å². The number of rotatable bonds is 7. The zero-order chi connectivity index (χ0) is 14.1. The van der Waals surface area contributed by atoms with Crippen LogP contribution in [0.1, 0.15) is 23.1 Å². The molecule has 1 aromatic heterocycles. The van der Waals surface area contributed by atoms with Gasteiger partial charge >= 0.3 is 5.97 Å². The molecule has 0 aliphatic rings. The van der Waals surface area contributed by atoms with E-state index in [-0.39, 0.29) is 24.8 Å². The summed E-state index contributed by atoms with van der Waals surface area (Å²) >= 11 is 0. The molecule has 1 rings (SSSR count). The first-order valence-electron chi connectivity index (χ1n) is 5.88. The van der Waals surface area contributed by atoms with Crippen LogP contribution >= 0.6 is 0 Å². The Morgan fingerprint density at radius 1 is 1.63 bits per heavy atom. The van der Waals surface area contributed by atoms with Gasteiger partial charge in [0.05, 0.1) is 30.9 Å². The van der Waals surface area contributed by atoms with Gasteiger partial charge in [0, 0.05) is 0 Å². The van der Waals surface area contributed by atoms with E-state index >= 15 is 0 Å².